The fraction of sp³-hybridized carbons (Fsp3) is 0.389. The van der Waals surface area contributed by atoms with Gasteiger partial charge in [0.15, 0.2) is 6.61 Å². The minimum absolute atomic E-state index is 0.000798. The van der Waals surface area contributed by atoms with Gasteiger partial charge in [-0.25, -0.2) is 0 Å². The molecule has 1 aromatic heterocycles. The molecule has 0 bridgehead atoms. The number of carbonyl (C=O) groups excluding carboxylic acids is 1. The Labute approximate surface area is 137 Å². The number of rotatable bonds is 7. The normalized spacial score (nSPS) is 12.2. The monoisotopic (exact) mass is 316 g/mol. The van der Waals surface area contributed by atoms with Crippen LogP contribution in [0.5, 0.6) is 5.75 Å². The van der Waals surface area contributed by atoms with Gasteiger partial charge in [-0.3, -0.25) is 9.69 Å². The van der Waals surface area contributed by atoms with Crippen molar-refractivity contribution in [1.82, 2.24) is 10.2 Å². The Morgan fingerprint density at radius 1 is 1.26 bits per heavy atom. The molecular formula is C18H24N2O3. The lowest BCUT2D eigenvalue weighted by Crippen LogP contribution is -2.36. The first kappa shape index (κ1) is 17.1. The molecule has 0 saturated carbocycles. The summed E-state index contributed by atoms with van der Waals surface area (Å²) in [7, 11) is 3.90. The topological polar surface area (TPSA) is 54.7 Å². The van der Waals surface area contributed by atoms with Gasteiger partial charge in [-0.1, -0.05) is 6.07 Å². The third-order valence-corrected chi connectivity index (χ3v) is 3.84. The average molecular weight is 316 g/mol. The zero-order chi connectivity index (χ0) is 16.8. The van der Waals surface area contributed by atoms with Crippen LogP contribution in [0.3, 0.4) is 0 Å². The molecular weight excluding hydrogens is 292 g/mol. The maximum Gasteiger partial charge on any atom is 0.258 e. The quantitative estimate of drug-likeness (QED) is 0.853. The predicted molar refractivity (Wildman–Crippen MR) is 89.6 cm³/mol. The molecule has 124 valence electrons. The minimum atomic E-state index is -0.151. The second kappa shape index (κ2) is 7.83. The van der Waals surface area contributed by atoms with Crippen molar-refractivity contribution < 1.29 is 13.9 Å². The van der Waals surface area contributed by atoms with Crippen molar-refractivity contribution in [3.63, 3.8) is 0 Å². The van der Waals surface area contributed by atoms with Gasteiger partial charge in [-0.2, -0.15) is 0 Å². The fourth-order valence-electron chi connectivity index (χ4n) is 2.23. The highest BCUT2D eigenvalue weighted by molar-refractivity contribution is 5.77. The number of ether oxygens (including phenoxy) is 1. The van der Waals surface area contributed by atoms with E-state index in [1.165, 1.54) is 5.56 Å². The molecule has 2 aromatic rings. The van der Waals surface area contributed by atoms with Crippen LogP contribution < -0.4 is 10.1 Å². The number of benzene rings is 1. The minimum Gasteiger partial charge on any atom is -0.484 e. The van der Waals surface area contributed by atoms with Crippen molar-refractivity contribution >= 4 is 5.91 Å². The molecule has 1 aromatic carbocycles. The summed E-state index contributed by atoms with van der Waals surface area (Å²) in [5.74, 6) is 1.38. The Hall–Kier alpha value is -2.27. The molecule has 0 unspecified atom stereocenters. The highest BCUT2D eigenvalue weighted by atomic mass is 16.5. The number of hydrogen-bond donors (Lipinski definition) is 1. The van der Waals surface area contributed by atoms with E-state index >= 15 is 0 Å². The second-order valence-corrected chi connectivity index (χ2v) is 5.83. The zero-order valence-corrected chi connectivity index (χ0v) is 14.1. The first-order valence-electron chi connectivity index (χ1n) is 7.64. The largest absolute Gasteiger partial charge is 0.484 e. The molecule has 0 aliphatic carbocycles. The lowest BCUT2D eigenvalue weighted by Gasteiger charge is -2.22. The summed E-state index contributed by atoms with van der Waals surface area (Å²) in [5, 5.41) is 2.88. The number of furan rings is 1. The van der Waals surface area contributed by atoms with Gasteiger partial charge in [0.25, 0.3) is 5.91 Å². The Morgan fingerprint density at radius 3 is 2.65 bits per heavy atom. The summed E-state index contributed by atoms with van der Waals surface area (Å²) in [6.45, 7) is 4.53. The Balaban J connectivity index is 1.83. The standard InChI is InChI=1S/C18H24N2O3/c1-13-7-8-15(10-14(13)2)23-12-18(21)19-11-16(20(3)4)17-6-5-9-22-17/h5-10,16H,11-12H2,1-4H3,(H,19,21)/t16-/m0/s1. The number of hydrogen-bond acceptors (Lipinski definition) is 4. The molecule has 5 nitrogen and oxygen atoms in total. The third kappa shape index (κ3) is 4.86. The molecule has 1 amide bonds. The van der Waals surface area contributed by atoms with Crippen LogP contribution in [0.4, 0.5) is 0 Å². The van der Waals surface area contributed by atoms with Crippen LogP contribution in [0.25, 0.3) is 0 Å². The first-order valence-corrected chi connectivity index (χ1v) is 7.64. The highest BCUT2D eigenvalue weighted by Crippen LogP contribution is 2.18. The van der Waals surface area contributed by atoms with E-state index in [9.17, 15) is 4.79 Å². The van der Waals surface area contributed by atoms with Crippen LogP contribution in [-0.4, -0.2) is 38.1 Å². The number of carbonyl (C=O) groups is 1. The third-order valence-electron chi connectivity index (χ3n) is 3.84. The molecule has 5 heteroatoms. The van der Waals surface area contributed by atoms with Crippen molar-refractivity contribution in [3.8, 4) is 5.75 Å². The number of nitrogens with one attached hydrogen (secondary N) is 1. The Morgan fingerprint density at radius 2 is 2.04 bits per heavy atom. The summed E-state index contributed by atoms with van der Waals surface area (Å²) in [6, 6.07) is 9.55. The van der Waals surface area contributed by atoms with E-state index in [-0.39, 0.29) is 18.6 Å². The van der Waals surface area contributed by atoms with E-state index in [0.717, 1.165) is 11.3 Å². The summed E-state index contributed by atoms with van der Waals surface area (Å²) < 4.78 is 11.0. The van der Waals surface area contributed by atoms with Gasteiger partial charge in [0, 0.05) is 6.54 Å². The molecule has 0 aliphatic rings. The number of amides is 1. The lowest BCUT2D eigenvalue weighted by atomic mass is 10.1. The molecule has 0 aliphatic heterocycles. The molecule has 2 rings (SSSR count). The average Bonchev–Trinajstić information content (AvgIpc) is 3.02. The summed E-state index contributed by atoms with van der Waals surface area (Å²) in [5.41, 5.74) is 2.35. The summed E-state index contributed by atoms with van der Waals surface area (Å²) in [4.78, 5) is 14.0. The second-order valence-electron chi connectivity index (χ2n) is 5.83. The van der Waals surface area contributed by atoms with E-state index in [1.807, 2.05) is 63.2 Å². The SMILES string of the molecule is Cc1ccc(OCC(=O)NC[C@@H](c2ccco2)N(C)C)cc1C. The van der Waals surface area contributed by atoms with Crippen LogP contribution in [0.15, 0.2) is 41.0 Å². The van der Waals surface area contributed by atoms with E-state index < -0.39 is 0 Å². The molecule has 1 atom stereocenters. The summed E-state index contributed by atoms with van der Waals surface area (Å²) >= 11 is 0. The van der Waals surface area contributed by atoms with Gasteiger partial charge in [0.2, 0.25) is 0 Å². The van der Waals surface area contributed by atoms with Gasteiger partial charge in [-0.05, 0) is 63.3 Å². The van der Waals surface area contributed by atoms with Crippen LogP contribution in [0, 0.1) is 13.8 Å². The molecule has 0 spiro atoms. The zero-order valence-electron chi connectivity index (χ0n) is 14.1. The van der Waals surface area contributed by atoms with Crippen LogP contribution >= 0.6 is 0 Å². The van der Waals surface area contributed by atoms with Gasteiger partial charge in [-0.15, -0.1) is 0 Å². The van der Waals surface area contributed by atoms with Crippen molar-refractivity contribution in [3.05, 3.63) is 53.5 Å². The van der Waals surface area contributed by atoms with Gasteiger partial charge in [0.05, 0.1) is 12.3 Å². The molecule has 0 radical (unpaired) electrons. The van der Waals surface area contributed by atoms with Crippen LogP contribution in [-0.2, 0) is 4.79 Å². The van der Waals surface area contributed by atoms with Gasteiger partial charge >= 0.3 is 0 Å². The lowest BCUT2D eigenvalue weighted by molar-refractivity contribution is -0.123. The molecule has 0 saturated heterocycles. The van der Waals surface area contributed by atoms with E-state index in [1.54, 1.807) is 6.26 Å². The predicted octanol–water partition coefficient (Wildman–Crippen LogP) is 2.69. The number of likely N-dealkylation sites (N-methyl/N-ethyl adjacent to an activating group) is 1. The van der Waals surface area contributed by atoms with Crippen LogP contribution in [0.2, 0.25) is 0 Å². The van der Waals surface area contributed by atoms with Gasteiger partial charge in [0.1, 0.15) is 11.5 Å². The van der Waals surface area contributed by atoms with Gasteiger partial charge < -0.3 is 14.5 Å². The molecule has 0 fully saturated rings. The number of aryl methyl sites for hydroxylation is 2. The smallest absolute Gasteiger partial charge is 0.258 e. The van der Waals surface area contributed by atoms with Crippen molar-refractivity contribution in [2.45, 2.75) is 19.9 Å². The molecule has 23 heavy (non-hydrogen) atoms. The van der Waals surface area contributed by atoms with Crippen LogP contribution in [0.1, 0.15) is 22.9 Å². The van der Waals surface area contributed by atoms with E-state index in [2.05, 4.69) is 5.32 Å². The summed E-state index contributed by atoms with van der Waals surface area (Å²) in [6.07, 6.45) is 1.64. The Kier molecular flexibility index (Phi) is 5.82. The fourth-order valence-corrected chi connectivity index (χ4v) is 2.23. The first-order chi connectivity index (χ1) is 11.0. The molecule has 1 N–H and O–H groups in total. The van der Waals surface area contributed by atoms with Crippen molar-refractivity contribution in [1.29, 1.82) is 0 Å². The van der Waals surface area contributed by atoms with Crippen molar-refractivity contribution in [2.24, 2.45) is 0 Å². The highest BCUT2D eigenvalue weighted by Gasteiger charge is 2.17. The van der Waals surface area contributed by atoms with E-state index in [0.29, 0.717) is 12.3 Å². The maximum atomic E-state index is 12.0. The maximum absolute atomic E-state index is 12.0. The molecule has 1 heterocycles. The van der Waals surface area contributed by atoms with E-state index in [4.69, 9.17) is 9.15 Å². The van der Waals surface area contributed by atoms with Crippen molar-refractivity contribution in [2.75, 3.05) is 27.2 Å². The number of nitrogens with zero attached hydrogens (tertiary/aromatic N) is 1. The Bertz CT molecular complexity index is 636.